The van der Waals surface area contributed by atoms with Gasteiger partial charge in [-0.05, 0) is 18.2 Å². The van der Waals surface area contributed by atoms with Gasteiger partial charge in [0.15, 0.2) is 5.71 Å². The van der Waals surface area contributed by atoms with Crippen LogP contribution in [0.2, 0.25) is 0 Å². The number of rotatable bonds is 0. The Labute approximate surface area is 121 Å². The van der Waals surface area contributed by atoms with Crippen molar-refractivity contribution in [3.05, 3.63) is 60.6 Å². The van der Waals surface area contributed by atoms with E-state index in [0.29, 0.717) is 0 Å². The fraction of sp³-hybridized carbons (Fsp3) is 0.118. The molecule has 1 aliphatic carbocycles. The molecule has 100 valence electrons. The fourth-order valence-electron chi connectivity index (χ4n) is 3.56. The summed E-state index contributed by atoms with van der Waals surface area (Å²) in [5, 5.41) is 5.73. The van der Waals surface area contributed by atoms with Crippen LogP contribution >= 0.6 is 0 Å². The lowest BCUT2D eigenvalue weighted by Gasteiger charge is -2.09. The first-order chi connectivity index (χ1) is 10.4. The summed E-state index contributed by atoms with van der Waals surface area (Å²) in [4.78, 5) is 4.58. The highest BCUT2D eigenvalue weighted by atomic mass is 15.2. The summed E-state index contributed by atoms with van der Waals surface area (Å²) in [6.45, 7) is 0. The second-order valence-electron chi connectivity index (χ2n) is 5.47. The molecular formula is C17H13N4+. The van der Waals surface area contributed by atoms with E-state index >= 15 is 0 Å². The Morgan fingerprint density at radius 3 is 3.10 bits per heavy atom. The molecule has 0 amide bonds. The molecule has 0 spiro atoms. The van der Waals surface area contributed by atoms with Crippen molar-refractivity contribution >= 4 is 27.8 Å². The first-order valence-electron chi connectivity index (χ1n) is 7.06. The quantitative estimate of drug-likeness (QED) is 0.590. The number of hydrogen-bond donors (Lipinski definition) is 0. The van der Waals surface area contributed by atoms with E-state index in [-0.39, 0.29) is 5.92 Å². The lowest BCUT2D eigenvalue weighted by molar-refractivity contribution is -0.399. The molecule has 4 heterocycles. The molecule has 3 aromatic rings. The molecule has 0 saturated carbocycles. The summed E-state index contributed by atoms with van der Waals surface area (Å²) in [5.41, 5.74) is 5.81. The van der Waals surface area contributed by atoms with Gasteiger partial charge in [-0.3, -0.25) is 4.98 Å². The van der Waals surface area contributed by atoms with E-state index in [1.165, 1.54) is 22.5 Å². The summed E-state index contributed by atoms with van der Waals surface area (Å²) < 4.78 is 4.31. The maximum Gasteiger partial charge on any atom is 0.237 e. The Kier molecular flexibility index (Phi) is 1.91. The number of pyridine rings is 2. The molecule has 21 heavy (non-hydrogen) atoms. The van der Waals surface area contributed by atoms with Crippen molar-refractivity contribution in [2.45, 2.75) is 5.92 Å². The van der Waals surface area contributed by atoms with Gasteiger partial charge in [0.1, 0.15) is 24.2 Å². The molecule has 2 aliphatic rings. The van der Waals surface area contributed by atoms with E-state index in [0.717, 1.165) is 11.0 Å². The van der Waals surface area contributed by atoms with Crippen molar-refractivity contribution < 1.29 is 4.58 Å². The Morgan fingerprint density at radius 2 is 2.14 bits per heavy atom. The predicted molar refractivity (Wildman–Crippen MR) is 82.4 cm³/mol. The van der Waals surface area contributed by atoms with E-state index in [2.05, 4.69) is 52.1 Å². The van der Waals surface area contributed by atoms with Crippen molar-refractivity contribution in [3.8, 4) is 0 Å². The Balaban J connectivity index is 2.06. The van der Waals surface area contributed by atoms with Crippen LogP contribution in [-0.4, -0.2) is 31.9 Å². The predicted octanol–water partition coefficient (Wildman–Crippen LogP) is 2.82. The molecule has 1 unspecified atom stereocenters. The molecule has 1 aliphatic heterocycles. The van der Waals surface area contributed by atoms with E-state index in [1.54, 1.807) is 0 Å². The maximum atomic E-state index is 4.58. The number of fused-ring (bicyclic) bond motifs is 8. The summed E-state index contributed by atoms with van der Waals surface area (Å²) in [5.74, 6) is 0.266. The summed E-state index contributed by atoms with van der Waals surface area (Å²) >= 11 is 0. The highest BCUT2D eigenvalue weighted by molar-refractivity contribution is 6.08. The summed E-state index contributed by atoms with van der Waals surface area (Å²) in [6.07, 6.45) is 12.3. The SMILES string of the molecule is C[N+]1=C2C=CC=CC2c2c1c1cccnc1c1ccnn21. The van der Waals surface area contributed by atoms with Gasteiger partial charge in [-0.2, -0.15) is 9.67 Å². The second kappa shape index (κ2) is 3.67. The smallest absolute Gasteiger partial charge is 0.237 e. The molecule has 0 saturated heterocycles. The molecule has 0 N–H and O–H groups in total. The number of hydrogen-bond acceptors (Lipinski definition) is 2. The van der Waals surface area contributed by atoms with Crippen LogP contribution in [0.25, 0.3) is 16.4 Å². The average Bonchev–Trinajstić information content (AvgIpc) is 3.12. The van der Waals surface area contributed by atoms with Crippen molar-refractivity contribution in [1.29, 1.82) is 0 Å². The number of aromatic nitrogens is 3. The lowest BCUT2D eigenvalue weighted by atomic mass is 9.95. The van der Waals surface area contributed by atoms with E-state index < -0.39 is 0 Å². The van der Waals surface area contributed by atoms with Gasteiger partial charge in [0.2, 0.25) is 5.69 Å². The second-order valence-corrected chi connectivity index (χ2v) is 5.47. The first-order valence-corrected chi connectivity index (χ1v) is 7.06. The summed E-state index contributed by atoms with van der Waals surface area (Å²) in [6, 6.07) is 6.19. The first kappa shape index (κ1) is 11.0. The monoisotopic (exact) mass is 273 g/mol. The molecular weight excluding hydrogens is 260 g/mol. The van der Waals surface area contributed by atoms with Crippen LogP contribution in [0, 0.1) is 0 Å². The van der Waals surface area contributed by atoms with E-state index in [9.17, 15) is 0 Å². The minimum absolute atomic E-state index is 0.266. The topological polar surface area (TPSA) is 33.2 Å². The molecule has 0 aromatic carbocycles. The van der Waals surface area contributed by atoms with Gasteiger partial charge in [-0.1, -0.05) is 18.2 Å². The van der Waals surface area contributed by atoms with Crippen molar-refractivity contribution in [2.24, 2.45) is 0 Å². The minimum atomic E-state index is 0.266. The van der Waals surface area contributed by atoms with E-state index in [1.807, 2.05) is 29.0 Å². The van der Waals surface area contributed by atoms with Crippen LogP contribution in [0.1, 0.15) is 11.6 Å². The largest absolute Gasteiger partial charge is 0.254 e. The number of allylic oxidation sites excluding steroid dienone is 4. The molecule has 4 nitrogen and oxygen atoms in total. The van der Waals surface area contributed by atoms with Gasteiger partial charge >= 0.3 is 0 Å². The van der Waals surface area contributed by atoms with Gasteiger partial charge < -0.3 is 0 Å². The lowest BCUT2D eigenvalue weighted by Crippen LogP contribution is -2.12. The third-order valence-corrected chi connectivity index (χ3v) is 4.44. The molecule has 3 aromatic heterocycles. The Bertz CT molecular complexity index is 1000. The van der Waals surface area contributed by atoms with Crippen LogP contribution in [-0.2, 0) is 0 Å². The van der Waals surface area contributed by atoms with Crippen molar-refractivity contribution in [2.75, 3.05) is 7.05 Å². The molecule has 0 fully saturated rings. The normalized spacial score (nSPS) is 19.6. The highest BCUT2D eigenvalue weighted by Gasteiger charge is 2.40. The van der Waals surface area contributed by atoms with Crippen LogP contribution < -0.4 is 0 Å². The fourth-order valence-corrected chi connectivity index (χ4v) is 3.56. The van der Waals surface area contributed by atoms with Crippen LogP contribution in [0.15, 0.2) is 54.9 Å². The van der Waals surface area contributed by atoms with Crippen LogP contribution in [0.3, 0.4) is 0 Å². The zero-order valence-corrected chi connectivity index (χ0v) is 11.6. The molecule has 5 rings (SSSR count). The van der Waals surface area contributed by atoms with Gasteiger partial charge in [0.25, 0.3) is 0 Å². The third-order valence-electron chi connectivity index (χ3n) is 4.44. The van der Waals surface area contributed by atoms with Crippen molar-refractivity contribution in [3.63, 3.8) is 0 Å². The van der Waals surface area contributed by atoms with Gasteiger partial charge in [-0.15, -0.1) is 0 Å². The van der Waals surface area contributed by atoms with Gasteiger partial charge in [-0.25, -0.2) is 4.52 Å². The van der Waals surface area contributed by atoms with E-state index in [4.69, 9.17) is 0 Å². The van der Waals surface area contributed by atoms with Gasteiger partial charge in [0, 0.05) is 12.3 Å². The standard InChI is InChI=1S/C17H13N4/c1-20-13-7-3-2-5-11(13)17-16(20)12-6-4-9-18-15(12)14-8-10-19-21(14)17/h2-11H,1H3/q+1. The third kappa shape index (κ3) is 1.22. The zero-order chi connectivity index (χ0) is 14.0. The summed E-state index contributed by atoms with van der Waals surface area (Å²) in [7, 11) is 2.12. The van der Waals surface area contributed by atoms with Crippen molar-refractivity contribution in [1.82, 2.24) is 14.6 Å². The highest BCUT2D eigenvalue weighted by Crippen LogP contribution is 2.42. The zero-order valence-electron chi connectivity index (χ0n) is 11.6. The van der Waals surface area contributed by atoms with Crippen LogP contribution in [0.4, 0.5) is 5.69 Å². The minimum Gasteiger partial charge on any atom is -0.254 e. The maximum absolute atomic E-state index is 4.58. The molecule has 0 bridgehead atoms. The number of nitrogens with zero attached hydrogens (tertiary/aromatic N) is 4. The molecule has 0 radical (unpaired) electrons. The average molecular weight is 273 g/mol. The Morgan fingerprint density at radius 1 is 1.19 bits per heavy atom. The van der Waals surface area contributed by atoms with Crippen LogP contribution in [0.5, 0.6) is 0 Å². The molecule has 1 atom stereocenters. The molecule has 4 heteroatoms. The Hall–Kier alpha value is -2.75. The van der Waals surface area contributed by atoms with Gasteiger partial charge in [0.05, 0.1) is 17.1 Å².